The molecule has 88 valence electrons. The molecule has 1 aromatic rings. The molecule has 0 saturated heterocycles. The number of hydrogen-bond donors (Lipinski definition) is 1. The second kappa shape index (κ2) is 5.92. The van der Waals surface area contributed by atoms with E-state index in [-0.39, 0.29) is 10.8 Å². The number of ether oxygens (including phenoxy) is 1. The van der Waals surface area contributed by atoms with Crippen molar-refractivity contribution in [3.63, 3.8) is 0 Å². The van der Waals surface area contributed by atoms with Gasteiger partial charge in [0.1, 0.15) is 10.8 Å². The normalized spacial score (nSPS) is 10.8. The van der Waals surface area contributed by atoms with Crippen LogP contribution < -0.4 is 5.73 Å². The van der Waals surface area contributed by atoms with Crippen LogP contribution in [0.25, 0.3) is 0 Å². The second-order valence-electron chi connectivity index (χ2n) is 4.07. The summed E-state index contributed by atoms with van der Waals surface area (Å²) in [6.07, 6.45) is 0. The van der Waals surface area contributed by atoms with Crippen LogP contribution in [-0.2, 0) is 11.3 Å². The van der Waals surface area contributed by atoms with E-state index in [9.17, 15) is 4.39 Å². The zero-order chi connectivity index (χ0) is 12.1. The number of nitrogens with two attached hydrogens (primary N) is 1. The van der Waals surface area contributed by atoms with Gasteiger partial charge in [0.15, 0.2) is 0 Å². The van der Waals surface area contributed by atoms with Crippen LogP contribution in [0, 0.1) is 11.7 Å². The molecule has 0 radical (unpaired) electrons. The topological polar surface area (TPSA) is 35.2 Å². The molecule has 0 unspecified atom stereocenters. The van der Waals surface area contributed by atoms with E-state index in [4.69, 9.17) is 22.7 Å². The number of thiocarbonyl (C=S) groups is 1. The Hall–Kier alpha value is -1.00. The quantitative estimate of drug-likeness (QED) is 0.805. The van der Waals surface area contributed by atoms with Crippen molar-refractivity contribution in [1.82, 2.24) is 0 Å². The number of rotatable bonds is 5. The molecule has 16 heavy (non-hydrogen) atoms. The number of hydrogen-bond acceptors (Lipinski definition) is 2. The van der Waals surface area contributed by atoms with Gasteiger partial charge in [-0.3, -0.25) is 0 Å². The lowest BCUT2D eigenvalue weighted by Crippen LogP contribution is -2.14. The molecule has 0 fully saturated rings. The Morgan fingerprint density at radius 2 is 2.19 bits per heavy atom. The van der Waals surface area contributed by atoms with Crippen LogP contribution in [0.4, 0.5) is 4.39 Å². The highest BCUT2D eigenvalue weighted by Crippen LogP contribution is 2.13. The lowest BCUT2D eigenvalue weighted by atomic mass is 10.1. The first-order valence-corrected chi connectivity index (χ1v) is 5.57. The van der Waals surface area contributed by atoms with Gasteiger partial charge < -0.3 is 10.5 Å². The third kappa shape index (κ3) is 3.87. The summed E-state index contributed by atoms with van der Waals surface area (Å²) >= 11 is 4.87. The van der Waals surface area contributed by atoms with Gasteiger partial charge in [-0.25, -0.2) is 4.39 Å². The minimum absolute atomic E-state index is 0.197. The zero-order valence-corrected chi connectivity index (χ0v) is 10.3. The minimum atomic E-state index is -0.338. The van der Waals surface area contributed by atoms with Gasteiger partial charge in [-0.05, 0) is 23.6 Å². The van der Waals surface area contributed by atoms with Crippen molar-refractivity contribution in [2.45, 2.75) is 20.5 Å². The maximum Gasteiger partial charge on any atom is 0.123 e. The van der Waals surface area contributed by atoms with Crippen molar-refractivity contribution in [2.75, 3.05) is 6.61 Å². The van der Waals surface area contributed by atoms with Gasteiger partial charge in [-0.2, -0.15) is 0 Å². The standard InChI is InChI=1S/C12H16FNOS/c1-8(2)6-15-7-9-3-4-10(13)5-11(9)12(14)16/h3-5,8H,6-7H2,1-2H3,(H2,14,16). The Kier molecular flexibility index (Phi) is 4.83. The molecule has 0 aliphatic carbocycles. The molecule has 0 aliphatic heterocycles. The summed E-state index contributed by atoms with van der Waals surface area (Å²) in [6.45, 7) is 5.21. The first kappa shape index (κ1) is 13.1. The molecule has 0 aliphatic rings. The maximum absolute atomic E-state index is 13.0. The van der Waals surface area contributed by atoms with Crippen molar-refractivity contribution in [2.24, 2.45) is 11.7 Å². The van der Waals surface area contributed by atoms with E-state index in [0.717, 1.165) is 5.56 Å². The van der Waals surface area contributed by atoms with Gasteiger partial charge in [-0.15, -0.1) is 0 Å². The van der Waals surface area contributed by atoms with E-state index in [1.165, 1.54) is 12.1 Å². The predicted octanol–water partition coefficient (Wildman–Crippen LogP) is 2.63. The van der Waals surface area contributed by atoms with E-state index >= 15 is 0 Å². The Labute approximate surface area is 101 Å². The molecular weight excluding hydrogens is 225 g/mol. The monoisotopic (exact) mass is 241 g/mol. The molecule has 0 saturated carbocycles. The summed E-state index contributed by atoms with van der Waals surface area (Å²) in [4.78, 5) is 0.197. The van der Waals surface area contributed by atoms with Crippen LogP contribution in [0.5, 0.6) is 0 Å². The molecule has 0 bridgehead atoms. The van der Waals surface area contributed by atoms with Crippen molar-refractivity contribution in [1.29, 1.82) is 0 Å². The first-order valence-electron chi connectivity index (χ1n) is 5.16. The van der Waals surface area contributed by atoms with Crippen LogP contribution in [0.15, 0.2) is 18.2 Å². The van der Waals surface area contributed by atoms with E-state index in [1.54, 1.807) is 6.07 Å². The van der Waals surface area contributed by atoms with Gasteiger partial charge in [0, 0.05) is 12.2 Å². The summed E-state index contributed by atoms with van der Waals surface area (Å²) < 4.78 is 18.5. The van der Waals surface area contributed by atoms with E-state index < -0.39 is 0 Å². The summed E-state index contributed by atoms with van der Waals surface area (Å²) in [6, 6.07) is 4.39. The molecule has 0 aromatic heterocycles. The van der Waals surface area contributed by atoms with Crippen LogP contribution >= 0.6 is 12.2 Å². The van der Waals surface area contributed by atoms with Gasteiger partial charge >= 0.3 is 0 Å². The third-order valence-corrected chi connectivity index (χ3v) is 2.27. The lowest BCUT2D eigenvalue weighted by molar-refractivity contribution is 0.0969. The average molecular weight is 241 g/mol. The van der Waals surface area contributed by atoms with Gasteiger partial charge in [-0.1, -0.05) is 32.1 Å². The Morgan fingerprint density at radius 1 is 1.50 bits per heavy atom. The Morgan fingerprint density at radius 3 is 2.75 bits per heavy atom. The molecule has 0 heterocycles. The molecule has 2 N–H and O–H groups in total. The highest BCUT2D eigenvalue weighted by Gasteiger charge is 2.07. The van der Waals surface area contributed by atoms with Crippen LogP contribution in [0.3, 0.4) is 0 Å². The second-order valence-corrected chi connectivity index (χ2v) is 4.51. The molecular formula is C12H16FNOS. The predicted molar refractivity (Wildman–Crippen MR) is 66.8 cm³/mol. The smallest absolute Gasteiger partial charge is 0.123 e. The molecule has 4 heteroatoms. The maximum atomic E-state index is 13.0. The van der Waals surface area contributed by atoms with Crippen LogP contribution in [0.2, 0.25) is 0 Å². The molecule has 1 aromatic carbocycles. The summed E-state index contributed by atoms with van der Waals surface area (Å²) in [5, 5.41) is 0. The Balaban J connectivity index is 2.75. The average Bonchev–Trinajstić information content (AvgIpc) is 2.19. The van der Waals surface area contributed by atoms with E-state index in [0.29, 0.717) is 24.7 Å². The molecule has 2 nitrogen and oxygen atoms in total. The van der Waals surface area contributed by atoms with Gasteiger partial charge in [0.25, 0.3) is 0 Å². The van der Waals surface area contributed by atoms with Crippen LogP contribution in [0.1, 0.15) is 25.0 Å². The first-order chi connectivity index (χ1) is 7.50. The summed E-state index contributed by atoms with van der Waals surface area (Å²) in [5.74, 6) is 0.129. The zero-order valence-electron chi connectivity index (χ0n) is 9.50. The van der Waals surface area contributed by atoms with Gasteiger partial charge in [0.2, 0.25) is 0 Å². The lowest BCUT2D eigenvalue weighted by Gasteiger charge is -2.10. The van der Waals surface area contributed by atoms with Crippen LogP contribution in [-0.4, -0.2) is 11.6 Å². The fraction of sp³-hybridized carbons (Fsp3) is 0.417. The minimum Gasteiger partial charge on any atom is -0.389 e. The number of benzene rings is 1. The fourth-order valence-electron chi connectivity index (χ4n) is 1.31. The van der Waals surface area contributed by atoms with Crippen molar-refractivity contribution in [3.8, 4) is 0 Å². The third-order valence-electron chi connectivity index (χ3n) is 2.05. The van der Waals surface area contributed by atoms with Crippen molar-refractivity contribution >= 4 is 17.2 Å². The van der Waals surface area contributed by atoms with E-state index in [1.807, 2.05) is 0 Å². The highest BCUT2D eigenvalue weighted by molar-refractivity contribution is 7.80. The molecule has 1 rings (SSSR count). The Bertz CT molecular complexity index is 379. The molecule has 0 spiro atoms. The van der Waals surface area contributed by atoms with Crippen molar-refractivity contribution in [3.05, 3.63) is 35.1 Å². The molecule has 0 atom stereocenters. The van der Waals surface area contributed by atoms with E-state index in [2.05, 4.69) is 13.8 Å². The number of halogens is 1. The summed E-state index contributed by atoms with van der Waals surface area (Å²) in [5.41, 5.74) is 6.91. The van der Waals surface area contributed by atoms with Gasteiger partial charge in [0.05, 0.1) is 6.61 Å². The molecule has 0 amide bonds. The fourth-order valence-corrected chi connectivity index (χ4v) is 1.50. The largest absolute Gasteiger partial charge is 0.389 e. The highest BCUT2D eigenvalue weighted by atomic mass is 32.1. The SMILES string of the molecule is CC(C)COCc1ccc(F)cc1C(N)=S. The van der Waals surface area contributed by atoms with Crippen molar-refractivity contribution < 1.29 is 9.13 Å². The summed E-state index contributed by atoms with van der Waals surface area (Å²) in [7, 11) is 0.